The first-order valence-electron chi connectivity index (χ1n) is 5.58. The van der Waals surface area contributed by atoms with Crippen molar-refractivity contribution in [3.05, 3.63) is 16.6 Å². The molecule has 0 bridgehead atoms. The molecule has 1 aromatic rings. The van der Waals surface area contributed by atoms with Crippen molar-refractivity contribution in [1.82, 2.24) is 9.88 Å². The molecule has 3 nitrogen and oxygen atoms in total. The van der Waals surface area contributed by atoms with E-state index in [9.17, 15) is 0 Å². The minimum Gasteiger partial charge on any atom is -0.330 e. The Hall–Kier alpha value is -0.450. The molecule has 2 unspecified atom stereocenters. The van der Waals surface area contributed by atoms with Crippen LogP contribution < -0.4 is 5.73 Å². The zero-order chi connectivity index (χ0) is 10.8. The number of likely N-dealkylation sites (tertiary alicyclic amines) is 1. The Labute approximate surface area is 95.3 Å². The van der Waals surface area contributed by atoms with E-state index < -0.39 is 0 Å². The molecule has 1 aliphatic heterocycles. The molecule has 2 heterocycles. The third kappa shape index (κ3) is 2.07. The Balaban J connectivity index is 2.22. The fraction of sp³-hybridized carbons (Fsp3) is 0.727. The van der Waals surface area contributed by atoms with Crippen LogP contribution in [0.2, 0.25) is 0 Å². The zero-order valence-corrected chi connectivity index (χ0v) is 10.2. The fourth-order valence-corrected chi connectivity index (χ4v) is 3.31. The average molecular weight is 225 g/mol. The molecule has 0 aliphatic carbocycles. The predicted molar refractivity (Wildman–Crippen MR) is 63.9 cm³/mol. The van der Waals surface area contributed by atoms with Crippen LogP contribution in [0, 0.1) is 5.92 Å². The van der Waals surface area contributed by atoms with E-state index in [0.29, 0.717) is 18.0 Å². The topological polar surface area (TPSA) is 42.1 Å². The number of thiazole rings is 1. The molecule has 1 fully saturated rings. The van der Waals surface area contributed by atoms with Gasteiger partial charge in [-0.05, 0) is 39.3 Å². The normalized spacial score (nSPS) is 27.7. The first-order valence-corrected chi connectivity index (χ1v) is 6.46. The van der Waals surface area contributed by atoms with Crippen LogP contribution in [-0.2, 0) is 0 Å². The van der Waals surface area contributed by atoms with Crippen molar-refractivity contribution in [2.75, 3.05) is 13.1 Å². The highest BCUT2D eigenvalue weighted by atomic mass is 32.1. The van der Waals surface area contributed by atoms with Gasteiger partial charge in [-0.2, -0.15) is 0 Å². The molecule has 0 aromatic carbocycles. The number of nitrogens with zero attached hydrogens (tertiary/aromatic N) is 2. The van der Waals surface area contributed by atoms with E-state index in [2.05, 4.69) is 23.7 Å². The predicted octanol–water partition coefficient (Wildman–Crippen LogP) is 1.87. The van der Waals surface area contributed by atoms with E-state index in [1.54, 1.807) is 11.3 Å². The first-order chi connectivity index (χ1) is 7.24. The maximum absolute atomic E-state index is 5.85. The van der Waals surface area contributed by atoms with Gasteiger partial charge in [-0.15, -0.1) is 11.3 Å². The Bertz CT molecular complexity index is 297. The minimum atomic E-state index is 0.502. The van der Waals surface area contributed by atoms with Crippen molar-refractivity contribution in [2.24, 2.45) is 11.7 Å². The summed E-state index contributed by atoms with van der Waals surface area (Å²) < 4.78 is 0. The number of nitrogens with two attached hydrogens (primary N) is 1. The highest BCUT2D eigenvalue weighted by Crippen LogP contribution is 2.39. The lowest BCUT2D eigenvalue weighted by atomic mass is 9.99. The monoisotopic (exact) mass is 225 g/mol. The molecule has 2 N–H and O–H groups in total. The summed E-state index contributed by atoms with van der Waals surface area (Å²) in [5.74, 6) is 0.604. The second kappa shape index (κ2) is 4.60. The molecule has 0 spiro atoms. The van der Waals surface area contributed by atoms with Crippen molar-refractivity contribution in [3.8, 4) is 0 Å². The maximum Gasteiger partial charge on any atom is 0.0794 e. The second-order valence-electron chi connectivity index (χ2n) is 4.46. The summed E-state index contributed by atoms with van der Waals surface area (Å²) >= 11 is 1.75. The molecule has 4 heteroatoms. The van der Waals surface area contributed by atoms with Crippen LogP contribution in [0.25, 0.3) is 0 Å². The van der Waals surface area contributed by atoms with Crippen molar-refractivity contribution >= 4 is 11.3 Å². The molecule has 0 radical (unpaired) electrons. The number of aromatic nitrogens is 1. The molecule has 1 aliphatic rings. The molecule has 2 atom stereocenters. The highest BCUT2D eigenvalue weighted by molar-refractivity contribution is 7.09. The summed E-state index contributed by atoms with van der Waals surface area (Å²) in [6, 6.07) is 1.09. The average Bonchev–Trinajstić information content (AvgIpc) is 2.85. The molecule has 0 saturated carbocycles. The highest BCUT2D eigenvalue weighted by Gasteiger charge is 2.36. The lowest BCUT2D eigenvalue weighted by molar-refractivity contribution is 0.187. The minimum absolute atomic E-state index is 0.502. The lowest BCUT2D eigenvalue weighted by Crippen LogP contribution is -2.32. The van der Waals surface area contributed by atoms with Crippen LogP contribution in [-0.4, -0.2) is 29.0 Å². The second-order valence-corrected chi connectivity index (χ2v) is 5.38. The van der Waals surface area contributed by atoms with Gasteiger partial charge in [-0.1, -0.05) is 0 Å². The largest absolute Gasteiger partial charge is 0.330 e. The fourth-order valence-electron chi connectivity index (χ4n) is 2.48. The third-order valence-electron chi connectivity index (χ3n) is 3.27. The van der Waals surface area contributed by atoms with Crippen LogP contribution in [0.3, 0.4) is 0 Å². The Morgan fingerprint density at radius 1 is 1.67 bits per heavy atom. The smallest absolute Gasteiger partial charge is 0.0794 e. The lowest BCUT2D eigenvalue weighted by Gasteiger charge is -2.29. The molecular formula is C11H19N3S. The first kappa shape index (κ1) is 11.0. The van der Waals surface area contributed by atoms with Gasteiger partial charge in [0.25, 0.3) is 0 Å². The summed E-state index contributed by atoms with van der Waals surface area (Å²) in [6.45, 7) is 6.47. The van der Waals surface area contributed by atoms with Crippen molar-refractivity contribution in [3.63, 3.8) is 0 Å². The molecule has 15 heavy (non-hydrogen) atoms. The van der Waals surface area contributed by atoms with Crippen LogP contribution in [0.5, 0.6) is 0 Å². The summed E-state index contributed by atoms with van der Waals surface area (Å²) in [7, 11) is 0. The van der Waals surface area contributed by atoms with E-state index in [-0.39, 0.29) is 0 Å². The maximum atomic E-state index is 5.85. The molecule has 2 rings (SSSR count). The summed E-state index contributed by atoms with van der Waals surface area (Å²) in [5.41, 5.74) is 7.77. The van der Waals surface area contributed by atoms with Crippen LogP contribution >= 0.6 is 11.3 Å². The van der Waals surface area contributed by atoms with Gasteiger partial charge in [0.2, 0.25) is 0 Å². The van der Waals surface area contributed by atoms with E-state index in [4.69, 9.17) is 5.73 Å². The number of hydrogen-bond donors (Lipinski definition) is 1. The zero-order valence-electron chi connectivity index (χ0n) is 9.39. The van der Waals surface area contributed by atoms with Gasteiger partial charge in [0.05, 0.1) is 11.6 Å². The Morgan fingerprint density at radius 2 is 2.47 bits per heavy atom. The molecular weight excluding hydrogens is 206 g/mol. The summed E-state index contributed by atoms with van der Waals surface area (Å²) in [5, 5.41) is 0. The Morgan fingerprint density at radius 3 is 3.00 bits per heavy atom. The van der Waals surface area contributed by atoms with Crippen molar-refractivity contribution < 1.29 is 0 Å². The van der Waals surface area contributed by atoms with Crippen LogP contribution in [0.4, 0.5) is 0 Å². The molecule has 84 valence electrons. The van der Waals surface area contributed by atoms with E-state index in [0.717, 1.165) is 6.54 Å². The van der Waals surface area contributed by atoms with E-state index in [1.807, 2.05) is 11.7 Å². The quantitative estimate of drug-likeness (QED) is 0.854. The van der Waals surface area contributed by atoms with E-state index in [1.165, 1.54) is 17.8 Å². The van der Waals surface area contributed by atoms with Gasteiger partial charge in [0, 0.05) is 17.1 Å². The number of hydrogen-bond acceptors (Lipinski definition) is 4. The summed E-state index contributed by atoms with van der Waals surface area (Å²) in [4.78, 5) is 8.10. The van der Waals surface area contributed by atoms with Gasteiger partial charge in [0.1, 0.15) is 0 Å². The van der Waals surface area contributed by atoms with Gasteiger partial charge < -0.3 is 5.73 Å². The van der Waals surface area contributed by atoms with E-state index >= 15 is 0 Å². The number of rotatable bonds is 3. The van der Waals surface area contributed by atoms with Gasteiger partial charge in [-0.3, -0.25) is 9.88 Å². The van der Waals surface area contributed by atoms with Crippen LogP contribution in [0.15, 0.2) is 11.7 Å². The molecule has 0 amide bonds. The summed E-state index contributed by atoms with van der Waals surface area (Å²) in [6.07, 6.45) is 3.22. The van der Waals surface area contributed by atoms with Gasteiger partial charge in [0.15, 0.2) is 0 Å². The van der Waals surface area contributed by atoms with Crippen molar-refractivity contribution in [1.29, 1.82) is 0 Å². The third-order valence-corrected chi connectivity index (χ3v) is 4.12. The standard InChI is InChI=1S/C11H19N3S/c1-8(2)14-4-3-9(5-12)11(14)10-6-13-7-15-10/h6-9,11H,3-5,12H2,1-2H3. The molecule has 1 saturated heterocycles. The van der Waals surface area contributed by atoms with Crippen LogP contribution in [0.1, 0.15) is 31.2 Å². The molecule has 1 aromatic heterocycles. The van der Waals surface area contributed by atoms with Gasteiger partial charge in [-0.25, -0.2) is 0 Å². The van der Waals surface area contributed by atoms with Crippen molar-refractivity contribution in [2.45, 2.75) is 32.4 Å². The Kier molecular flexibility index (Phi) is 3.38. The van der Waals surface area contributed by atoms with Gasteiger partial charge >= 0.3 is 0 Å². The SMILES string of the molecule is CC(C)N1CCC(CN)C1c1cncs1.